The molecule has 0 radical (unpaired) electrons. The van der Waals surface area contributed by atoms with E-state index in [1.54, 1.807) is 0 Å². The van der Waals surface area contributed by atoms with E-state index in [0.29, 0.717) is 12.5 Å². The van der Waals surface area contributed by atoms with Crippen molar-refractivity contribution in [3.8, 4) is 0 Å². The van der Waals surface area contributed by atoms with Gasteiger partial charge < -0.3 is 10.4 Å². The first kappa shape index (κ1) is 10.0. The molecule has 0 bridgehead atoms. The largest absolute Gasteiger partial charge is 0.396 e. The summed E-state index contributed by atoms with van der Waals surface area (Å²) in [4.78, 5) is 0. The van der Waals surface area contributed by atoms with Crippen LogP contribution in [-0.2, 0) is 0 Å². The summed E-state index contributed by atoms with van der Waals surface area (Å²) in [5, 5.41) is 12.4. The Morgan fingerprint density at radius 1 is 1.50 bits per heavy atom. The Morgan fingerprint density at radius 3 is 2.75 bits per heavy atom. The highest BCUT2D eigenvalue weighted by Crippen LogP contribution is 2.35. The molecule has 0 aliphatic heterocycles. The average Bonchev–Trinajstić information content (AvgIpc) is 2.10. The van der Waals surface area contributed by atoms with E-state index in [1.807, 2.05) is 7.05 Å². The van der Waals surface area contributed by atoms with Crippen molar-refractivity contribution in [3.63, 3.8) is 0 Å². The van der Waals surface area contributed by atoms with Crippen LogP contribution in [0.3, 0.4) is 0 Å². The van der Waals surface area contributed by atoms with Gasteiger partial charge in [-0.25, -0.2) is 0 Å². The van der Waals surface area contributed by atoms with Crippen LogP contribution < -0.4 is 5.32 Å². The minimum Gasteiger partial charge on any atom is -0.396 e. The summed E-state index contributed by atoms with van der Waals surface area (Å²) in [6, 6.07) is 0. The first-order valence-electron chi connectivity index (χ1n) is 5.05. The smallest absolute Gasteiger partial charge is 0.0448 e. The van der Waals surface area contributed by atoms with Crippen LogP contribution in [0.5, 0.6) is 0 Å². The van der Waals surface area contributed by atoms with Crippen molar-refractivity contribution in [2.45, 2.75) is 44.6 Å². The topological polar surface area (TPSA) is 32.3 Å². The molecular formula is C10H21NO. The molecule has 12 heavy (non-hydrogen) atoms. The van der Waals surface area contributed by atoms with Crippen LogP contribution in [0.1, 0.15) is 39.0 Å². The molecule has 0 heterocycles. The molecular weight excluding hydrogens is 150 g/mol. The third kappa shape index (κ3) is 1.80. The van der Waals surface area contributed by atoms with E-state index in [0.717, 1.165) is 6.42 Å². The Balaban J connectivity index is 2.60. The van der Waals surface area contributed by atoms with E-state index in [4.69, 9.17) is 5.11 Å². The average molecular weight is 171 g/mol. The van der Waals surface area contributed by atoms with Crippen LogP contribution in [0.15, 0.2) is 0 Å². The summed E-state index contributed by atoms with van der Waals surface area (Å²) in [6.45, 7) is 2.61. The lowest BCUT2D eigenvalue weighted by Gasteiger charge is -2.42. The number of aliphatic hydroxyl groups excluding tert-OH is 1. The van der Waals surface area contributed by atoms with Crippen LogP contribution in [0.2, 0.25) is 0 Å². The Hall–Kier alpha value is -0.0800. The summed E-state index contributed by atoms with van der Waals surface area (Å²) in [5.74, 6) is 0.711. The van der Waals surface area contributed by atoms with E-state index in [1.165, 1.54) is 25.7 Å². The number of hydrogen-bond donors (Lipinski definition) is 2. The molecule has 2 atom stereocenters. The first-order valence-corrected chi connectivity index (χ1v) is 5.05. The third-order valence-corrected chi connectivity index (χ3v) is 3.51. The molecule has 1 fully saturated rings. The van der Waals surface area contributed by atoms with Gasteiger partial charge in [0.25, 0.3) is 0 Å². The number of hydrogen-bond acceptors (Lipinski definition) is 2. The van der Waals surface area contributed by atoms with Crippen molar-refractivity contribution in [2.75, 3.05) is 13.7 Å². The fourth-order valence-electron chi connectivity index (χ4n) is 2.48. The molecule has 0 aromatic rings. The van der Waals surface area contributed by atoms with Gasteiger partial charge in [-0.2, -0.15) is 0 Å². The van der Waals surface area contributed by atoms with Gasteiger partial charge in [0.15, 0.2) is 0 Å². The molecule has 1 saturated carbocycles. The van der Waals surface area contributed by atoms with Gasteiger partial charge in [0.05, 0.1) is 0 Å². The molecule has 0 amide bonds. The monoisotopic (exact) mass is 171 g/mol. The van der Waals surface area contributed by atoms with Crippen molar-refractivity contribution in [2.24, 2.45) is 5.92 Å². The van der Waals surface area contributed by atoms with Crippen LogP contribution in [-0.4, -0.2) is 24.3 Å². The molecule has 2 nitrogen and oxygen atoms in total. The van der Waals surface area contributed by atoms with E-state index in [2.05, 4.69) is 12.2 Å². The van der Waals surface area contributed by atoms with Gasteiger partial charge in [0, 0.05) is 12.1 Å². The SMILES string of the molecule is CNC1(CCO)CCCCC1C. The summed E-state index contributed by atoms with van der Waals surface area (Å²) in [5.41, 5.74) is 0.229. The zero-order valence-corrected chi connectivity index (χ0v) is 8.27. The summed E-state index contributed by atoms with van der Waals surface area (Å²) in [6.07, 6.45) is 6.11. The Morgan fingerprint density at radius 2 is 2.25 bits per heavy atom. The highest BCUT2D eigenvalue weighted by Gasteiger charge is 2.35. The predicted molar refractivity (Wildman–Crippen MR) is 51.1 cm³/mol. The van der Waals surface area contributed by atoms with Crippen molar-refractivity contribution in [3.05, 3.63) is 0 Å². The quantitative estimate of drug-likeness (QED) is 0.675. The number of nitrogens with one attached hydrogen (secondary N) is 1. The van der Waals surface area contributed by atoms with Gasteiger partial charge in [-0.15, -0.1) is 0 Å². The van der Waals surface area contributed by atoms with Gasteiger partial charge in [0.1, 0.15) is 0 Å². The van der Waals surface area contributed by atoms with Crippen LogP contribution in [0, 0.1) is 5.92 Å². The van der Waals surface area contributed by atoms with Crippen LogP contribution >= 0.6 is 0 Å². The van der Waals surface area contributed by atoms with Crippen molar-refractivity contribution < 1.29 is 5.11 Å². The molecule has 2 N–H and O–H groups in total. The molecule has 2 heteroatoms. The standard InChI is InChI=1S/C10H21NO/c1-9-5-3-4-6-10(9,11-2)7-8-12/h9,11-12H,3-8H2,1-2H3. The second-order valence-corrected chi connectivity index (χ2v) is 4.03. The summed E-state index contributed by atoms with van der Waals surface area (Å²) < 4.78 is 0. The zero-order valence-electron chi connectivity index (χ0n) is 8.27. The maximum absolute atomic E-state index is 8.99. The van der Waals surface area contributed by atoms with Crippen molar-refractivity contribution >= 4 is 0 Å². The van der Waals surface area contributed by atoms with E-state index in [9.17, 15) is 0 Å². The van der Waals surface area contributed by atoms with Gasteiger partial charge in [-0.1, -0.05) is 19.8 Å². The molecule has 0 spiro atoms. The van der Waals surface area contributed by atoms with Crippen molar-refractivity contribution in [1.29, 1.82) is 0 Å². The lowest BCUT2D eigenvalue weighted by atomic mass is 9.72. The van der Waals surface area contributed by atoms with Gasteiger partial charge >= 0.3 is 0 Å². The Bertz CT molecular complexity index is 134. The fraction of sp³-hybridized carbons (Fsp3) is 1.00. The fourth-order valence-corrected chi connectivity index (χ4v) is 2.48. The predicted octanol–water partition coefficient (Wildman–Crippen LogP) is 1.54. The molecule has 1 aliphatic rings. The molecule has 0 aromatic heterocycles. The van der Waals surface area contributed by atoms with E-state index < -0.39 is 0 Å². The van der Waals surface area contributed by atoms with E-state index in [-0.39, 0.29) is 5.54 Å². The lowest BCUT2D eigenvalue weighted by Crippen LogP contribution is -2.51. The Kier molecular flexibility index (Phi) is 3.53. The third-order valence-electron chi connectivity index (χ3n) is 3.51. The van der Waals surface area contributed by atoms with Gasteiger partial charge in [-0.05, 0) is 32.2 Å². The number of aliphatic hydroxyl groups is 1. The maximum atomic E-state index is 8.99. The van der Waals surface area contributed by atoms with E-state index >= 15 is 0 Å². The maximum Gasteiger partial charge on any atom is 0.0448 e. The van der Waals surface area contributed by atoms with Crippen molar-refractivity contribution in [1.82, 2.24) is 5.32 Å². The summed E-state index contributed by atoms with van der Waals surface area (Å²) in [7, 11) is 2.03. The number of rotatable bonds is 3. The molecule has 0 aromatic carbocycles. The lowest BCUT2D eigenvalue weighted by molar-refractivity contribution is 0.121. The Labute approximate surface area is 75.4 Å². The van der Waals surface area contributed by atoms with Crippen LogP contribution in [0.4, 0.5) is 0 Å². The molecule has 1 rings (SSSR count). The second-order valence-electron chi connectivity index (χ2n) is 4.03. The second kappa shape index (κ2) is 4.24. The molecule has 72 valence electrons. The minimum atomic E-state index is 0.229. The molecule has 2 unspecified atom stereocenters. The van der Waals surface area contributed by atoms with Gasteiger partial charge in [0.2, 0.25) is 0 Å². The highest BCUT2D eigenvalue weighted by molar-refractivity contribution is 4.93. The highest BCUT2D eigenvalue weighted by atomic mass is 16.3. The van der Waals surface area contributed by atoms with Crippen LogP contribution in [0.25, 0.3) is 0 Å². The molecule has 0 saturated heterocycles. The zero-order chi connectivity index (χ0) is 9.03. The minimum absolute atomic E-state index is 0.229. The summed E-state index contributed by atoms with van der Waals surface area (Å²) >= 11 is 0. The first-order chi connectivity index (χ1) is 5.75. The molecule has 1 aliphatic carbocycles. The van der Waals surface area contributed by atoms with Gasteiger partial charge in [-0.3, -0.25) is 0 Å². The normalized spacial score (nSPS) is 36.8.